The van der Waals surface area contributed by atoms with E-state index in [9.17, 15) is 9.59 Å². The summed E-state index contributed by atoms with van der Waals surface area (Å²) >= 11 is 0. The fourth-order valence-corrected chi connectivity index (χ4v) is 1.12. The second-order valence-electron chi connectivity index (χ2n) is 3.24. The van der Waals surface area contributed by atoms with Crippen molar-refractivity contribution in [1.82, 2.24) is 10.3 Å². The smallest absolute Gasteiger partial charge is 0.338 e. The van der Waals surface area contributed by atoms with Crippen LogP contribution in [0.3, 0.4) is 0 Å². The number of aromatic carboxylic acids is 1. The summed E-state index contributed by atoms with van der Waals surface area (Å²) in [6.07, 6.45) is 1.94. The van der Waals surface area contributed by atoms with Gasteiger partial charge in [0.05, 0.1) is 5.56 Å². The lowest BCUT2D eigenvalue weighted by Gasteiger charge is -1.97. The highest BCUT2D eigenvalue weighted by Crippen LogP contribution is 2.03. The zero-order valence-electron chi connectivity index (χ0n) is 9.36. The van der Waals surface area contributed by atoms with Crippen molar-refractivity contribution in [3.05, 3.63) is 29.6 Å². The van der Waals surface area contributed by atoms with Crippen LogP contribution < -0.4 is 5.32 Å². The molecular weight excluding hydrogens is 220 g/mol. The first-order valence-corrected chi connectivity index (χ1v) is 5.03. The van der Waals surface area contributed by atoms with Gasteiger partial charge in [0.25, 0.3) is 0 Å². The Labute approximate surface area is 98.9 Å². The van der Waals surface area contributed by atoms with E-state index < -0.39 is 5.97 Å². The first-order chi connectivity index (χ1) is 8.11. The highest BCUT2D eigenvalue weighted by Gasteiger charge is 2.07. The summed E-state index contributed by atoms with van der Waals surface area (Å²) in [6, 6.07) is 3.00. The predicted molar refractivity (Wildman–Crippen MR) is 61.4 cm³/mol. The van der Waals surface area contributed by atoms with E-state index in [1.54, 1.807) is 6.07 Å². The molecule has 1 rings (SSSR count). The minimum atomic E-state index is -1.05. The number of pyridine rings is 1. The molecule has 88 valence electrons. The molecule has 2 N–H and O–H groups in total. The minimum Gasteiger partial charge on any atom is -0.478 e. The second kappa shape index (κ2) is 6.28. The maximum absolute atomic E-state index is 10.8. The first-order valence-electron chi connectivity index (χ1n) is 5.03. The van der Waals surface area contributed by atoms with Gasteiger partial charge in [-0.25, -0.2) is 9.78 Å². The van der Waals surface area contributed by atoms with Gasteiger partial charge in [-0.2, -0.15) is 0 Å². The van der Waals surface area contributed by atoms with E-state index in [-0.39, 0.29) is 17.2 Å². The summed E-state index contributed by atoms with van der Waals surface area (Å²) in [6.45, 7) is 1.87. The summed E-state index contributed by atoms with van der Waals surface area (Å²) in [5.41, 5.74) is 0.322. The number of nitrogens with zero attached hydrogens (tertiary/aromatic N) is 1. The Balaban J connectivity index is 2.65. The molecule has 1 amide bonds. The summed E-state index contributed by atoms with van der Waals surface area (Å²) in [5.74, 6) is 4.27. The molecule has 0 aliphatic heterocycles. The van der Waals surface area contributed by atoms with Crippen molar-refractivity contribution >= 4 is 11.9 Å². The highest BCUT2D eigenvalue weighted by molar-refractivity contribution is 5.89. The van der Waals surface area contributed by atoms with E-state index in [1.807, 2.05) is 0 Å². The number of carbonyl (C=O) groups excluding carboxylic acids is 1. The fourth-order valence-electron chi connectivity index (χ4n) is 1.12. The monoisotopic (exact) mass is 232 g/mol. The van der Waals surface area contributed by atoms with Gasteiger partial charge in [0.15, 0.2) is 0 Å². The molecule has 0 spiro atoms. The standard InChI is InChI=1S/C12H12N2O3/c1-9(15)13-7-3-2-6-11-10(12(16)17)5-4-8-14-11/h4-5,8H,3,7H2,1H3,(H,13,15)(H,16,17). The normalized spacial score (nSPS) is 9.00. The van der Waals surface area contributed by atoms with Crippen molar-refractivity contribution in [2.24, 2.45) is 0 Å². The van der Waals surface area contributed by atoms with Crippen LogP contribution in [0.5, 0.6) is 0 Å². The zero-order chi connectivity index (χ0) is 12.7. The van der Waals surface area contributed by atoms with Crippen LogP contribution in [0.15, 0.2) is 18.3 Å². The number of nitrogens with one attached hydrogen (secondary N) is 1. The van der Waals surface area contributed by atoms with Crippen molar-refractivity contribution in [3.63, 3.8) is 0 Å². The average molecular weight is 232 g/mol. The van der Waals surface area contributed by atoms with E-state index in [0.29, 0.717) is 13.0 Å². The van der Waals surface area contributed by atoms with Gasteiger partial charge in [-0.15, -0.1) is 0 Å². The molecule has 0 fully saturated rings. The first kappa shape index (κ1) is 12.7. The molecule has 0 aromatic carbocycles. The van der Waals surface area contributed by atoms with Crippen LogP contribution >= 0.6 is 0 Å². The Morgan fingerprint density at radius 3 is 2.94 bits per heavy atom. The van der Waals surface area contributed by atoms with Crippen LogP contribution in [0.2, 0.25) is 0 Å². The van der Waals surface area contributed by atoms with E-state index in [2.05, 4.69) is 22.1 Å². The molecule has 5 heteroatoms. The van der Waals surface area contributed by atoms with Gasteiger partial charge in [0, 0.05) is 26.1 Å². The van der Waals surface area contributed by atoms with Crippen molar-refractivity contribution in [2.75, 3.05) is 6.54 Å². The van der Waals surface area contributed by atoms with E-state index in [0.717, 1.165) is 0 Å². The van der Waals surface area contributed by atoms with E-state index in [1.165, 1.54) is 19.2 Å². The Morgan fingerprint density at radius 2 is 2.29 bits per heavy atom. The van der Waals surface area contributed by atoms with Gasteiger partial charge in [-0.3, -0.25) is 4.79 Å². The summed E-state index contributed by atoms with van der Waals surface area (Å²) in [7, 11) is 0. The number of hydrogen-bond donors (Lipinski definition) is 2. The van der Waals surface area contributed by atoms with E-state index in [4.69, 9.17) is 5.11 Å². The molecule has 5 nitrogen and oxygen atoms in total. The van der Waals surface area contributed by atoms with Crippen molar-refractivity contribution in [2.45, 2.75) is 13.3 Å². The van der Waals surface area contributed by atoms with Crippen LogP contribution in [-0.4, -0.2) is 28.5 Å². The molecule has 17 heavy (non-hydrogen) atoms. The molecule has 0 atom stereocenters. The van der Waals surface area contributed by atoms with Crippen LogP contribution in [0, 0.1) is 11.8 Å². The Hall–Kier alpha value is -2.35. The van der Waals surface area contributed by atoms with Gasteiger partial charge in [0.1, 0.15) is 5.69 Å². The number of amides is 1. The van der Waals surface area contributed by atoms with Crippen LogP contribution in [0.4, 0.5) is 0 Å². The number of rotatable bonds is 3. The molecule has 1 aromatic heterocycles. The molecule has 1 aromatic rings. The molecule has 0 radical (unpaired) electrons. The largest absolute Gasteiger partial charge is 0.478 e. The average Bonchev–Trinajstić information content (AvgIpc) is 2.28. The van der Waals surface area contributed by atoms with Crippen molar-refractivity contribution < 1.29 is 14.7 Å². The number of aromatic nitrogens is 1. The quantitative estimate of drug-likeness (QED) is 0.592. The third-order valence-corrected chi connectivity index (χ3v) is 1.87. The minimum absolute atomic E-state index is 0.0829. The second-order valence-corrected chi connectivity index (χ2v) is 3.24. The topological polar surface area (TPSA) is 79.3 Å². The SMILES string of the molecule is CC(=O)NCCC#Cc1ncccc1C(=O)O. The zero-order valence-corrected chi connectivity index (χ0v) is 9.36. The molecule has 0 unspecified atom stereocenters. The van der Waals surface area contributed by atoms with Crippen LogP contribution in [-0.2, 0) is 4.79 Å². The Morgan fingerprint density at radius 1 is 1.53 bits per heavy atom. The molecule has 0 saturated heterocycles. The Bertz CT molecular complexity index is 486. The molecule has 0 aliphatic carbocycles. The molecule has 0 saturated carbocycles. The lowest BCUT2D eigenvalue weighted by molar-refractivity contribution is -0.118. The third kappa shape index (κ3) is 4.34. The predicted octanol–water partition coefficient (Wildman–Crippen LogP) is 0.657. The van der Waals surface area contributed by atoms with Crippen molar-refractivity contribution in [3.8, 4) is 11.8 Å². The van der Waals surface area contributed by atoms with Crippen LogP contribution in [0.1, 0.15) is 29.4 Å². The number of carboxylic acids is 1. The van der Waals surface area contributed by atoms with Gasteiger partial charge in [0.2, 0.25) is 5.91 Å². The molecule has 1 heterocycles. The lowest BCUT2D eigenvalue weighted by Crippen LogP contribution is -2.20. The molecule has 0 bridgehead atoms. The maximum atomic E-state index is 10.8. The number of carbonyl (C=O) groups is 2. The summed E-state index contributed by atoms with van der Waals surface area (Å²) < 4.78 is 0. The van der Waals surface area contributed by atoms with Crippen molar-refractivity contribution in [1.29, 1.82) is 0 Å². The number of hydrogen-bond acceptors (Lipinski definition) is 3. The summed E-state index contributed by atoms with van der Waals surface area (Å²) in [5, 5.41) is 11.5. The van der Waals surface area contributed by atoms with Crippen LogP contribution in [0.25, 0.3) is 0 Å². The van der Waals surface area contributed by atoms with Gasteiger partial charge in [-0.1, -0.05) is 5.92 Å². The van der Waals surface area contributed by atoms with E-state index >= 15 is 0 Å². The van der Waals surface area contributed by atoms with Gasteiger partial charge in [-0.05, 0) is 18.1 Å². The Kier molecular flexibility index (Phi) is 4.70. The third-order valence-electron chi connectivity index (χ3n) is 1.87. The van der Waals surface area contributed by atoms with Gasteiger partial charge < -0.3 is 10.4 Å². The highest BCUT2D eigenvalue weighted by atomic mass is 16.4. The fraction of sp³-hybridized carbons (Fsp3) is 0.250. The lowest BCUT2D eigenvalue weighted by atomic mass is 10.2. The summed E-state index contributed by atoms with van der Waals surface area (Å²) in [4.78, 5) is 25.3. The number of carboxylic acid groups (broad SMARTS) is 1. The maximum Gasteiger partial charge on any atom is 0.338 e. The molecule has 0 aliphatic rings. The molecular formula is C12H12N2O3. The van der Waals surface area contributed by atoms with Gasteiger partial charge >= 0.3 is 5.97 Å².